The molecular weight excluding hydrogens is 435 g/mol. The van der Waals surface area contributed by atoms with Crippen LogP contribution in [0.15, 0.2) is 45.7 Å². The van der Waals surface area contributed by atoms with Crippen molar-refractivity contribution in [2.75, 3.05) is 18.0 Å². The first-order valence-corrected chi connectivity index (χ1v) is 12.1. The standard InChI is InChI=1S/C23H27FN2O5S/c1-4-15(3)30-19-7-6-14(2)10-22(19)32(28,29)25-23(27)21-13-17-18(24)11-16(12-20(17)31-21)26-8-5-9-26/h6-7,10-13,15,23,25,27H,4-5,8-9H2,1-3H3. The van der Waals surface area contributed by atoms with E-state index in [1.165, 1.54) is 18.2 Å². The maximum absolute atomic E-state index is 14.6. The lowest BCUT2D eigenvalue weighted by atomic mass is 10.1. The summed E-state index contributed by atoms with van der Waals surface area (Å²) in [5, 5.41) is 10.8. The number of nitrogens with one attached hydrogen (secondary N) is 1. The molecule has 0 bridgehead atoms. The third-order valence-corrected chi connectivity index (χ3v) is 7.07. The molecule has 0 amide bonds. The van der Waals surface area contributed by atoms with Crippen molar-refractivity contribution < 1.29 is 27.1 Å². The molecule has 1 aromatic heterocycles. The third-order valence-electron chi connectivity index (χ3n) is 5.64. The third kappa shape index (κ3) is 4.46. The van der Waals surface area contributed by atoms with E-state index in [0.717, 1.165) is 25.1 Å². The van der Waals surface area contributed by atoms with Crippen LogP contribution < -0.4 is 14.4 Å². The van der Waals surface area contributed by atoms with Crippen LogP contribution in [0.2, 0.25) is 0 Å². The Morgan fingerprint density at radius 2 is 2.00 bits per heavy atom. The molecule has 1 aliphatic rings. The summed E-state index contributed by atoms with van der Waals surface area (Å²) in [4.78, 5) is 1.93. The Labute approximate surface area is 186 Å². The second-order valence-corrected chi connectivity index (χ2v) is 9.82. The summed E-state index contributed by atoms with van der Waals surface area (Å²) in [7, 11) is -4.17. The summed E-state index contributed by atoms with van der Waals surface area (Å²) in [6.45, 7) is 7.23. The molecule has 32 heavy (non-hydrogen) atoms. The van der Waals surface area contributed by atoms with Crippen molar-refractivity contribution >= 4 is 26.7 Å². The van der Waals surface area contributed by atoms with E-state index in [0.29, 0.717) is 12.1 Å². The lowest BCUT2D eigenvalue weighted by Gasteiger charge is -2.33. The average Bonchev–Trinajstić information content (AvgIpc) is 3.12. The number of aryl methyl sites for hydroxylation is 1. The minimum Gasteiger partial charge on any atom is -0.489 e. The van der Waals surface area contributed by atoms with Crippen LogP contribution in [-0.4, -0.2) is 32.7 Å². The Kier molecular flexibility index (Phi) is 6.15. The van der Waals surface area contributed by atoms with E-state index in [9.17, 15) is 17.9 Å². The molecule has 1 saturated heterocycles. The molecule has 1 fully saturated rings. The Balaban J connectivity index is 1.62. The van der Waals surface area contributed by atoms with E-state index in [2.05, 4.69) is 4.72 Å². The second kappa shape index (κ2) is 8.73. The quantitative estimate of drug-likeness (QED) is 0.487. The van der Waals surface area contributed by atoms with Gasteiger partial charge < -0.3 is 19.2 Å². The minimum atomic E-state index is -4.17. The molecular formula is C23H27FN2O5S. The molecule has 3 aromatic rings. The van der Waals surface area contributed by atoms with Crippen molar-refractivity contribution in [1.82, 2.24) is 4.72 Å². The Hall–Kier alpha value is -2.62. The molecule has 2 unspecified atom stereocenters. The van der Waals surface area contributed by atoms with E-state index >= 15 is 0 Å². The fourth-order valence-corrected chi connectivity index (χ4v) is 4.74. The number of aliphatic hydroxyl groups excluding tert-OH is 1. The number of furan rings is 1. The molecule has 1 aliphatic heterocycles. The molecule has 2 atom stereocenters. The highest BCUT2D eigenvalue weighted by Gasteiger charge is 2.27. The largest absolute Gasteiger partial charge is 0.489 e. The smallest absolute Gasteiger partial charge is 0.246 e. The molecule has 172 valence electrons. The van der Waals surface area contributed by atoms with Gasteiger partial charge in [-0.05, 0) is 56.5 Å². The second-order valence-electron chi connectivity index (χ2n) is 8.14. The highest BCUT2D eigenvalue weighted by Crippen LogP contribution is 2.33. The van der Waals surface area contributed by atoms with Crippen molar-refractivity contribution in [3.63, 3.8) is 0 Å². The number of rotatable bonds is 8. The van der Waals surface area contributed by atoms with Crippen molar-refractivity contribution in [1.29, 1.82) is 0 Å². The van der Waals surface area contributed by atoms with Crippen molar-refractivity contribution in [2.24, 2.45) is 0 Å². The fraction of sp³-hybridized carbons (Fsp3) is 0.391. The summed E-state index contributed by atoms with van der Waals surface area (Å²) >= 11 is 0. The van der Waals surface area contributed by atoms with Gasteiger partial charge in [0.2, 0.25) is 10.0 Å². The average molecular weight is 463 g/mol. The van der Waals surface area contributed by atoms with Gasteiger partial charge in [0.05, 0.1) is 11.5 Å². The van der Waals surface area contributed by atoms with Crippen molar-refractivity contribution in [2.45, 2.75) is 50.8 Å². The molecule has 2 aromatic carbocycles. The Morgan fingerprint density at radius 1 is 1.25 bits per heavy atom. The van der Waals surface area contributed by atoms with E-state index in [-0.39, 0.29) is 33.5 Å². The summed E-state index contributed by atoms with van der Waals surface area (Å²) < 4.78 is 54.3. The normalized spacial score (nSPS) is 16.1. The number of fused-ring (bicyclic) bond motifs is 1. The maximum atomic E-state index is 14.6. The van der Waals surface area contributed by atoms with E-state index < -0.39 is 22.1 Å². The molecule has 0 spiro atoms. The molecule has 0 aliphatic carbocycles. The Morgan fingerprint density at radius 3 is 2.66 bits per heavy atom. The predicted octanol–water partition coefficient (Wildman–Crippen LogP) is 4.24. The van der Waals surface area contributed by atoms with Crippen molar-refractivity contribution in [3.8, 4) is 5.75 Å². The minimum absolute atomic E-state index is 0.0841. The number of halogens is 1. The molecule has 2 heterocycles. The van der Waals surface area contributed by atoms with Crippen LogP contribution in [0.4, 0.5) is 10.1 Å². The van der Waals surface area contributed by atoms with Gasteiger partial charge in [0.1, 0.15) is 27.8 Å². The Bertz CT molecular complexity index is 1240. The van der Waals surface area contributed by atoms with Gasteiger partial charge in [-0.3, -0.25) is 0 Å². The zero-order chi connectivity index (χ0) is 23.0. The van der Waals surface area contributed by atoms with E-state index in [1.807, 2.05) is 18.7 Å². The van der Waals surface area contributed by atoms with E-state index in [4.69, 9.17) is 9.15 Å². The van der Waals surface area contributed by atoms with Gasteiger partial charge in [0.15, 0.2) is 6.23 Å². The van der Waals surface area contributed by atoms with Gasteiger partial charge in [0.25, 0.3) is 0 Å². The first-order chi connectivity index (χ1) is 15.2. The van der Waals surface area contributed by atoms with Gasteiger partial charge in [-0.2, -0.15) is 4.72 Å². The highest BCUT2D eigenvalue weighted by molar-refractivity contribution is 7.89. The van der Waals surface area contributed by atoms with Gasteiger partial charge in [-0.25, -0.2) is 12.8 Å². The first kappa shape index (κ1) is 22.6. The summed E-state index contributed by atoms with van der Waals surface area (Å²) in [6.07, 6.45) is -0.134. The number of hydrogen-bond donors (Lipinski definition) is 2. The lowest BCUT2D eigenvalue weighted by molar-refractivity contribution is 0.141. The predicted molar refractivity (Wildman–Crippen MR) is 120 cm³/mol. The fourth-order valence-electron chi connectivity index (χ4n) is 3.49. The summed E-state index contributed by atoms with van der Waals surface area (Å²) in [5.41, 5.74) is 1.67. The van der Waals surface area contributed by atoms with Crippen LogP contribution >= 0.6 is 0 Å². The maximum Gasteiger partial charge on any atom is 0.246 e. The van der Waals surface area contributed by atoms with Gasteiger partial charge in [-0.1, -0.05) is 13.0 Å². The number of aliphatic hydroxyl groups is 1. The molecule has 4 rings (SSSR count). The first-order valence-electron chi connectivity index (χ1n) is 10.6. The topological polar surface area (TPSA) is 92.0 Å². The molecule has 0 radical (unpaired) electrons. The summed E-state index contributed by atoms with van der Waals surface area (Å²) in [5.74, 6) is -0.392. The highest BCUT2D eigenvalue weighted by atomic mass is 32.2. The van der Waals surface area contributed by atoms with E-state index in [1.54, 1.807) is 25.1 Å². The lowest BCUT2D eigenvalue weighted by Crippen LogP contribution is -2.36. The van der Waals surface area contributed by atoms with Crippen LogP contribution in [0.3, 0.4) is 0 Å². The zero-order valence-corrected chi connectivity index (χ0v) is 19.1. The van der Waals surface area contributed by atoms with Crippen LogP contribution in [0, 0.1) is 12.7 Å². The van der Waals surface area contributed by atoms with Crippen molar-refractivity contribution in [3.05, 3.63) is 53.5 Å². The van der Waals surface area contributed by atoms with Crippen LogP contribution in [0.5, 0.6) is 5.75 Å². The number of ether oxygens (including phenoxy) is 1. The van der Waals surface area contributed by atoms with Gasteiger partial charge in [-0.15, -0.1) is 0 Å². The molecule has 7 nitrogen and oxygen atoms in total. The van der Waals surface area contributed by atoms with Gasteiger partial charge in [0, 0.05) is 24.8 Å². The SMILES string of the molecule is CCC(C)Oc1ccc(C)cc1S(=O)(=O)NC(O)c1cc2c(F)cc(N3CCC3)cc2o1. The summed E-state index contributed by atoms with van der Waals surface area (Å²) in [6, 6.07) is 9.25. The van der Waals surface area contributed by atoms with Gasteiger partial charge >= 0.3 is 0 Å². The zero-order valence-electron chi connectivity index (χ0n) is 18.3. The number of anilines is 1. The number of sulfonamides is 1. The molecule has 9 heteroatoms. The van der Waals surface area contributed by atoms with Crippen LogP contribution in [0.25, 0.3) is 11.0 Å². The monoisotopic (exact) mass is 462 g/mol. The number of hydrogen-bond acceptors (Lipinski definition) is 6. The molecule has 0 saturated carbocycles. The number of nitrogens with zero attached hydrogens (tertiary/aromatic N) is 1. The van der Waals surface area contributed by atoms with Crippen LogP contribution in [-0.2, 0) is 10.0 Å². The van der Waals surface area contributed by atoms with Crippen LogP contribution in [0.1, 0.15) is 44.2 Å². The molecule has 2 N–H and O–H groups in total. The number of benzene rings is 2.